The second-order valence-electron chi connectivity index (χ2n) is 6.87. The molecule has 7 heteroatoms. The summed E-state index contributed by atoms with van der Waals surface area (Å²) < 4.78 is 19.2. The summed E-state index contributed by atoms with van der Waals surface area (Å²) in [7, 11) is 2.00. The molecular formula is C18H21FN4O2. The molecule has 4 rings (SSSR count). The maximum absolute atomic E-state index is 13.8. The van der Waals surface area contributed by atoms with E-state index in [0.717, 1.165) is 19.4 Å². The number of hydrogen-bond acceptors (Lipinski definition) is 5. The van der Waals surface area contributed by atoms with E-state index in [0.29, 0.717) is 36.3 Å². The number of piperazine rings is 1. The summed E-state index contributed by atoms with van der Waals surface area (Å²) in [5.74, 6) is 1.34. The van der Waals surface area contributed by atoms with Gasteiger partial charge in [0.2, 0.25) is 11.8 Å². The molecule has 2 aromatic rings. The average Bonchev–Trinajstić information content (AvgIpc) is 3.35. The average molecular weight is 344 g/mol. The van der Waals surface area contributed by atoms with Gasteiger partial charge in [-0.05, 0) is 31.5 Å². The van der Waals surface area contributed by atoms with Crippen molar-refractivity contribution >= 4 is 5.91 Å². The van der Waals surface area contributed by atoms with E-state index < -0.39 is 0 Å². The van der Waals surface area contributed by atoms with Crippen molar-refractivity contribution in [3.63, 3.8) is 0 Å². The molecule has 1 saturated heterocycles. The fourth-order valence-electron chi connectivity index (χ4n) is 3.17. The quantitative estimate of drug-likeness (QED) is 0.850. The minimum Gasteiger partial charge on any atom is -0.339 e. The van der Waals surface area contributed by atoms with E-state index in [9.17, 15) is 9.18 Å². The molecule has 1 aromatic heterocycles. The summed E-state index contributed by atoms with van der Waals surface area (Å²) in [4.78, 5) is 21.0. The number of nitrogens with zero attached hydrogens (tertiary/aromatic N) is 4. The highest BCUT2D eigenvalue weighted by Gasteiger charge is 2.34. The molecule has 25 heavy (non-hydrogen) atoms. The van der Waals surface area contributed by atoms with Gasteiger partial charge in [0.25, 0.3) is 0 Å². The van der Waals surface area contributed by atoms with Crippen LogP contribution in [0.3, 0.4) is 0 Å². The summed E-state index contributed by atoms with van der Waals surface area (Å²) in [6.45, 7) is 1.84. The molecular weight excluding hydrogens is 323 g/mol. The molecule has 1 amide bonds. The predicted molar refractivity (Wildman–Crippen MR) is 88.3 cm³/mol. The highest BCUT2D eigenvalue weighted by Crippen LogP contribution is 2.39. The third-order valence-corrected chi connectivity index (χ3v) is 4.98. The molecule has 0 bridgehead atoms. The second kappa shape index (κ2) is 6.55. The first-order chi connectivity index (χ1) is 12.1. The van der Waals surface area contributed by atoms with Gasteiger partial charge in [-0.15, -0.1) is 0 Å². The lowest BCUT2D eigenvalue weighted by Crippen LogP contribution is -2.49. The van der Waals surface area contributed by atoms with E-state index in [1.54, 1.807) is 23.1 Å². The van der Waals surface area contributed by atoms with Crippen LogP contribution in [0.15, 0.2) is 28.8 Å². The first kappa shape index (κ1) is 16.2. The van der Waals surface area contributed by atoms with Gasteiger partial charge >= 0.3 is 0 Å². The van der Waals surface area contributed by atoms with Gasteiger partial charge < -0.3 is 9.42 Å². The van der Waals surface area contributed by atoms with Crippen molar-refractivity contribution in [3.05, 3.63) is 47.4 Å². The number of amides is 1. The number of likely N-dealkylation sites (N-methyl/N-ethyl adjacent to an activating group) is 1. The van der Waals surface area contributed by atoms with Gasteiger partial charge in [-0.1, -0.05) is 23.4 Å². The van der Waals surface area contributed by atoms with Gasteiger partial charge in [0.15, 0.2) is 5.82 Å². The minimum atomic E-state index is -0.339. The van der Waals surface area contributed by atoms with E-state index in [1.807, 2.05) is 7.05 Å². The second-order valence-corrected chi connectivity index (χ2v) is 6.87. The molecule has 0 spiro atoms. The van der Waals surface area contributed by atoms with Crippen LogP contribution in [0.4, 0.5) is 4.39 Å². The van der Waals surface area contributed by atoms with Crippen molar-refractivity contribution in [1.82, 2.24) is 19.9 Å². The summed E-state index contributed by atoms with van der Waals surface area (Å²) in [5.41, 5.74) is 0.429. The van der Waals surface area contributed by atoms with Crippen LogP contribution in [-0.4, -0.2) is 52.5 Å². The van der Waals surface area contributed by atoms with Crippen molar-refractivity contribution in [1.29, 1.82) is 0 Å². The molecule has 1 aromatic carbocycles. The number of rotatable bonds is 4. The van der Waals surface area contributed by atoms with Gasteiger partial charge in [-0.2, -0.15) is 4.98 Å². The molecule has 2 fully saturated rings. The van der Waals surface area contributed by atoms with Crippen LogP contribution < -0.4 is 0 Å². The molecule has 1 aliphatic carbocycles. The van der Waals surface area contributed by atoms with Gasteiger partial charge in [-0.3, -0.25) is 9.69 Å². The molecule has 1 saturated carbocycles. The number of halogens is 1. The van der Waals surface area contributed by atoms with Gasteiger partial charge in [0.1, 0.15) is 5.82 Å². The first-order valence-electron chi connectivity index (χ1n) is 8.66. The SMILES string of the molecule is CN1CCN(C(=O)Cc2ccccc2F)CC1c1noc(C2CC2)n1. The Labute approximate surface area is 145 Å². The Kier molecular flexibility index (Phi) is 4.25. The fraction of sp³-hybridized carbons (Fsp3) is 0.500. The topological polar surface area (TPSA) is 62.5 Å². The lowest BCUT2D eigenvalue weighted by molar-refractivity contribution is -0.133. The van der Waals surface area contributed by atoms with Crippen LogP contribution in [0.5, 0.6) is 0 Å². The van der Waals surface area contributed by atoms with Crippen molar-refractivity contribution in [2.45, 2.75) is 31.2 Å². The summed E-state index contributed by atoms with van der Waals surface area (Å²) in [5, 5.41) is 4.12. The number of aromatic nitrogens is 2. The molecule has 0 radical (unpaired) electrons. The molecule has 1 aliphatic heterocycles. The zero-order chi connectivity index (χ0) is 17.4. The highest BCUT2D eigenvalue weighted by molar-refractivity contribution is 5.79. The summed E-state index contributed by atoms with van der Waals surface area (Å²) in [6, 6.07) is 6.32. The molecule has 1 unspecified atom stereocenters. The number of carbonyl (C=O) groups is 1. The Hall–Kier alpha value is -2.28. The normalized spacial score (nSPS) is 21.5. The zero-order valence-corrected chi connectivity index (χ0v) is 14.2. The zero-order valence-electron chi connectivity index (χ0n) is 14.2. The largest absolute Gasteiger partial charge is 0.339 e. The molecule has 6 nitrogen and oxygen atoms in total. The van der Waals surface area contributed by atoms with Crippen molar-refractivity contribution in [2.75, 3.05) is 26.7 Å². The predicted octanol–water partition coefficient (Wildman–Crippen LogP) is 2.14. The third-order valence-electron chi connectivity index (χ3n) is 4.98. The van der Waals surface area contributed by atoms with E-state index in [-0.39, 0.29) is 24.2 Å². The lowest BCUT2D eigenvalue weighted by Gasteiger charge is -2.38. The molecule has 2 aliphatic rings. The van der Waals surface area contributed by atoms with Crippen LogP contribution in [0.1, 0.15) is 42.1 Å². The van der Waals surface area contributed by atoms with E-state index in [2.05, 4.69) is 15.0 Å². The van der Waals surface area contributed by atoms with Crippen molar-refractivity contribution < 1.29 is 13.7 Å². The minimum absolute atomic E-state index is 0.0721. The number of benzene rings is 1. The van der Waals surface area contributed by atoms with Crippen LogP contribution in [0, 0.1) is 5.82 Å². The van der Waals surface area contributed by atoms with E-state index in [1.165, 1.54) is 6.07 Å². The van der Waals surface area contributed by atoms with Crippen LogP contribution >= 0.6 is 0 Å². The van der Waals surface area contributed by atoms with Crippen molar-refractivity contribution in [3.8, 4) is 0 Å². The van der Waals surface area contributed by atoms with E-state index in [4.69, 9.17) is 4.52 Å². The Morgan fingerprint density at radius 3 is 2.88 bits per heavy atom. The molecule has 132 valence electrons. The Morgan fingerprint density at radius 2 is 2.12 bits per heavy atom. The lowest BCUT2D eigenvalue weighted by atomic mass is 10.1. The highest BCUT2D eigenvalue weighted by atomic mass is 19.1. The van der Waals surface area contributed by atoms with Crippen LogP contribution in [0.25, 0.3) is 0 Å². The van der Waals surface area contributed by atoms with Crippen LogP contribution in [-0.2, 0) is 11.2 Å². The van der Waals surface area contributed by atoms with Gasteiger partial charge in [0, 0.05) is 25.6 Å². The monoisotopic (exact) mass is 344 g/mol. The maximum atomic E-state index is 13.8. The first-order valence-corrected chi connectivity index (χ1v) is 8.66. The fourth-order valence-corrected chi connectivity index (χ4v) is 3.17. The number of carbonyl (C=O) groups excluding carboxylic acids is 1. The Balaban J connectivity index is 1.45. The smallest absolute Gasteiger partial charge is 0.229 e. The molecule has 0 N–H and O–H groups in total. The summed E-state index contributed by atoms with van der Waals surface area (Å²) in [6.07, 6.45) is 2.29. The summed E-state index contributed by atoms with van der Waals surface area (Å²) >= 11 is 0. The van der Waals surface area contributed by atoms with Gasteiger partial charge in [-0.25, -0.2) is 4.39 Å². The Bertz CT molecular complexity index is 774. The molecule has 1 atom stereocenters. The Morgan fingerprint density at radius 1 is 1.32 bits per heavy atom. The third kappa shape index (κ3) is 3.42. The van der Waals surface area contributed by atoms with Crippen molar-refractivity contribution in [2.24, 2.45) is 0 Å². The standard InChI is InChI=1S/C18H21FN4O2/c1-22-8-9-23(16(24)10-13-4-2-3-5-14(13)19)11-15(22)17-20-18(25-21-17)12-6-7-12/h2-5,12,15H,6-11H2,1H3. The molecule has 2 heterocycles. The van der Waals surface area contributed by atoms with Gasteiger partial charge in [0.05, 0.1) is 12.5 Å². The maximum Gasteiger partial charge on any atom is 0.229 e. The van der Waals surface area contributed by atoms with Crippen LogP contribution in [0.2, 0.25) is 0 Å². The van der Waals surface area contributed by atoms with E-state index >= 15 is 0 Å². The number of hydrogen-bond donors (Lipinski definition) is 0.